The fourth-order valence-electron chi connectivity index (χ4n) is 4.67. The van der Waals surface area contributed by atoms with Gasteiger partial charge in [-0.25, -0.2) is 0 Å². The van der Waals surface area contributed by atoms with Gasteiger partial charge in [-0.05, 0) is 36.1 Å². The number of nitrogens with one attached hydrogen (secondary N) is 2. The average Bonchev–Trinajstić information content (AvgIpc) is 3.31. The molecule has 2 aliphatic rings. The first-order valence-corrected chi connectivity index (χ1v) is 10.2. The van der Waals surface area contributed by atoms with Gasteiger partial charge in [0, 0.05) is 37.3 Å². The molecule has 2 heterocycles. The van der Waals surface area contributed by atoms with E-state index in [1.165, 1.54) is 12.0 Å². The second kappa shape index (κ2) is 8.85. The predicted octanol–water partition coefficient (Wildman–Crippen LogP) is 3.77. The van der Waals surface area contributed by atoms with Gasteiger partial charge < -0.3 is 10.6 Å². The fourth-order valence-corrected chi connectivity index (χ4v) is 4.80. The van der Waals surface area contributed by atoms with Gasteiger partial charge in [0.2, 0.25) is 5.91 Å². The summed E-state index contributed by atoms with van der Waals surface area (Å²) in [5, 5.41) is 11.9. The molecule has 0 unspecified atom stereocenters. The Hall–Kier alpha value is -1.56. The minimum atomic E-state index is -0.276. The van der Waals surface area contributed by atoms with Gasteiger partial charge in [0.15, 0.2) is 0 Å². The number of aryl methyl sites for hydroxylation is 1. The van der Waals surface area contributed by atoms with Crippen LogP contribution in [0.15, 0.2) is 36.7 Å². The Bertz CT molecular complexity index is 799. The molecular formula is C21H28Cl2N4O. The number of nitrogens with zero attached hydrogens (tertiary/aromatic N) is 2. The number of rotatable bonds is 4. The van der Waals surface area contributed by atoms with Gasteiger partial charge in [-0.15, -0.1) is 12.4 Å². The van der Waals surface area contributed by atoms with Gasteiger partial charge in [-0.3, -0.25) is 9.48 Å². The van der Waals surface area contributed by atoms with E-state index in [1.807, 2.05) is 31.6 Å². The Balaban J connectivity index is 0.00000225. The van der Waals surface area contributed by atoms with Gasteiger partial charge in [0.1, 0.15) is 0 Å². The molecule has 2 fully saturated rings. The maximum Gasteiger partial charge on any atom is 0.225 e. The highest BCUT2D eigenvalue weighted by Crippen LogP contribution is 2.39. The number of carbonyl (C=O) groups is 1. The van der Waals surface area contributed by atoms with Crippen molar-refractivity contribution in [1.82, 2.24) is 20.4 Å². The monoisotopic (exact) mass is 422 g/mol. The van der Waals surface area contributed by atoms with Crippen LogP contribution in [0.1, 0.15) is 49.1 Å². The zero-order valence-corrected chi connectivity index (χ0v) is 17.7. The molecule has 1 aliphatic heterocycles. The lowest BCUT2D eigenvalue weighted by Crippen LogP contribution is -2.50. The van der Waals surface area contributed by atoms with Crippen molar-refractivity contribution in [2.45, 2.75) is 43.6 Å². The first-order valence-electron chi connectivity index (χ1n) is 9.85. The van der Waals surface area contributed by atoms with E-state index in [0.717, 1.165) is 42.8 Å². The molecule has 1 amide bonds. The van der Waals surface area contributed by atoms with Gasteiger partial charge in [0.25, 0.3) is 0 Å². The van der Waals surface area contributed by atoms with Crippen LogP contribution in [0.5, 0.6) is 0 Å². The number of amides is 1. The van der Waals surface area contributed by atoms with E-state index < -0.39 is 0 Å². The maximum absolute atomic E-state index is 13.3. The van der Waals surface area contributed by atoms with Crippen molar-refractivity contribution in [3.05, 3.63) is 52.8 Å². The molecule has 5 nitrogen and oxygen atoms in total. The molecular weight excluding hydrogens is 395 g/mol. The highest BCUT2D eigenvalue weighted by Gasteiger charge is 2.40. The molecule has 4 rings (SSSR count). The molecule has 28 heavy (non-hydrogen) atoms. The molecule has 152 valence electrons. The number of hydrogen-bond donors (Lipinski definition) is 2. The molecule has 1 aromatic heterocycles. The number of aromatic nitrogens is 2. The van der Waals surface area contributed by atoms with Crippen molar-refractivity contribution in [1.29, 1.82) is 0 Å². The van der Waals surface area contributed by atoms with Crippen molar-refractivity contribution < 1.29 is 4.79 Å². The lowest BCUT2D eigenvalue weighted by molar-refractivity contribution is -0.127. The highest BCUT2D eigenvalue weighted by molar-refractivity contribution is 6.30. The van der Waals surface area contributed by atoms with E-state index in [9.17, 15) is 4.79 Å². The van der Waals surface area contributed by atoms with Crippen LogP contribution in [0, 0.1) is 5.92 Å². The minimum absolute atomic E-state index is 0. The van der Waals surface area contributed by atoms with Crippen LogP contribution in [-0.2, 0) is 17.4 Å². The van der Waals surface area contributed by atoms with Crippen LogP contribution >= 0.6 is 24.0 Å². The Kier molecular flexibility index (Phi) is 6.69. The van der Waals surface area contributed by atoms with E-state index >= 15 is 0 Å². The van der Waals surface area contributed by atoms with Crippen LogP contribution in [0.2, 0.25) is 5.02 Å². The summed E-state index contributed by atoms with van der Waals surface area (Å²) in [6.07, 6.45) is 9.38. The molecule has 0 radical (unpaired) electrons. The van der Waals surface area contributed by atoms with Gasteiger partial charge in [-0.1, -0.05) is 43.0 Å². The van der Waals surface area contributed by atoms with Crippen LogP contribution in [0.4, 0.5) is 0 Å². The van der Waals surface area contributed by atoms with E-state index in [1.54, 1.807) is 4.68 Å². The van der Waals surface area contributed by atoms with Crippen LogP contribution < -0.4 is 10.6 Å². The molecule has 2 aromatic rings. The summed E-state index contributed by atoms with van der Waals surface area (Å²) in [5.74, 6) is 0.246. The number of hydrogen-bond acceptors (Lipinski definition) is 3. The molecule has 0 bridgehead atoms. The van der Waals surface area contributed by atoms with Crippen molar-refractivity contribution >= 4 is 29.9 Å². The van der Waals surface area contributed by atoms with Crippen LogP contribution in [-0.4, -0.2) is 28.8 Å². The second-order valence-electron chi connectivity index (χ2n) is 7.96. The van der Waals surface area contributed by atoms with Gasteiger partial charge in [-0.2, -0.15) is 5.10 Å². The lowest BCUT2D eigenvalue weighted by atomic mass is 9.76. The summed E-state index contributed by atoms with van der Waals surface area (Å²) in [4.78, 5) is 13.3. The average molecular weight is 423 g/mol. The summed E-state index contributed by atoms with van der Waals surface area (Å²) in [6.45, 7) is 1.53. The second-order valence-corrected chi connectivity index (χ2v) is 8.39. The largest absolute Gasteiger partial charge is 0.346 e. The predicted molar refractivity (Wildman–Crippen MR) is 114 cm³/mol. The molecule has 1 aromatic carbocycles. The third-order valence-corrected chi connectivity index (χ3v) is 6.42. The standard InChI is InChI=1S/C21H27ClN4O.ClH/c1-26-14-15(11-24-26)18-12-23-13-19(18)20(27)25-21(9-3-2-4-10-21)16-5-7-17(22)8-6-16;/h5-8,11,14,18-19,23H,2-4,9-10,12-13H2,1H3,(H,25,27);1H/t18-,19+;/m1./s1. The quantitative estimate of drug-likeness (QED) is 0.787. The summed E-state index contributed by atoms with van der Waals surface area (Å²) < 4.78 is 1.80. The summed E-state index contributed by atoms with van der Waals surface area (Å²) >= 11 is 6.09. The Labute approximate surface area is 177 Å². The van der Waals surface area contributed by atoms with Crippen molar-refractivity contribution in [2.24, 2.45) is 13.0 Å². The summed E-state index contributed by atoms with van der Waals surface area (Å²) in [7, 11) is 1.92. The lowest BCUT2D eigenvalue weighted by Gasteiger charge is -2.40. The topological polar surface area (TPSA) is 59.0 Å². The molecule has 2 N–H and O–H groups in total. The van der Waals surface area contributed by atoms with E-state index in [4.69, 9.17) is 11.6 Å². The van der Waals surface area contributed by atoms with Crippen LogP contribution in [0.3, 0.4) is 0 Å². The third-order valence-electron chi connectivity index (χ3n) is 6.17. The van der Waals surface area contributed by atoms with Crippen molar-refractivity contribution in [2.75, 3.05) is 13.1 Å². The van der Waals surface area contributed by atoms with Gasteiger partial charge >= 0.3 is 0 Å². The first-order chi connectivity index (χ1) is 13.1. The van der Waals surface area contributed by atoms with E-state index in [2.05, 4.69) is 27.9 Å². The third kappa shape index (κ3) is 4.22. The molecule has 1 saturated heterocycles. The number of benzene rings is 1. The first kappa shape index (κ1) is 21.2. The Morgan fingerprint density at radius 3 is 2.57 bits per heavy atom. The zero-order valence-electron chi connectivity index (χ0n) is 16.2. The number of carbonyl (C=O) groups excluding carboxylic acids is 1. The minimum Gasteiger partial charge on any atom is -0.346 e. The summed E-state index contributed by atoms with van der Waals surface area (Å²) in [6, 6.07) is 7.99. The molecule has 1 saturated carbocycles. The number of halogens is 2. The Morgan fingerprint density at radius 2 is 1.93 bits per heavy atom. The zero-order chi connectivity index (χ0) is 18.9. The maximum atomic E-state index is 13.3. The fraction of sp³-hybridized carbons (Fsp3) is 0.524. The van der Waals surface area contributed by atoms with Crippen LogP contribution in [0.25, 0.3) is 0 Å². The smallest absolute Gasteiger partial charge is 0.225 e. The molecule has 1 aliphatic carbocycles. The SMILES string of the molecule is Cl.Cn1cc([C@H]2CNC[C@@H]2C(=O)NC2(c3ccc(Cl)cc3)CCCCC2)cn1. The molecule has 7 heteroatoms. The normalized spacial score (nSPS) is 23.8. The Morgan fingerprint density at radius 1 is 1.21 bits per heavy atom. The van der Waals surface area contributed by atoms with Crippen molar-refractivity contribution in [3.8, 4) is 0 Å². The molecule has 2 atom stereocenters. The van der Waals surface area contributed by atoms with E-state index in [-0.39, 0.29) is 35.7 Å². The van der Waals surface area contributed by atoms with Gasteiger partial charge in [0.05, 0.1) is 17.7 Å². The van der Waals surface area contributed by atoms with E-state index in [0.29, 0.717) is 6.54 Å². The highest BCUT2D eigenvalue weighted by atomic mass is 35.5. The molecule has 0 spiro atoms. The summed E-state index contributed by atoms with van der Waals surface area (Å²) in [5.41, 5.74) is 2.03. The van der Waals surface area contributed by atoms with Crippen molar-refractivity contribution in [3.63, 3.8) is 0 Å².